The van der Waals surface area contributed by atoms with E-state index in [1.807, 2.05) is 48.5 Å². The van der Waals surface area contributed by atoms with Gasteiger partial charge in [-0.1, -0.05) is 35.5 Å². The van der Waals surface area contributed by atoms with Gasteiger partial charge in [-0.05, 0) is 109 Å². The lowest BCUT2D eigenvalue weighted by atomic mass is 10.0. The van der Waals surface area contributed by atoms with Gasteiger partial charge in [-0.3, -0.25) is 4.79 Å². The molecule has 0 aliphatic heterocycles. The molecule has 0 saturated heterocycles. The van der Waals surface area contributed by atoms with Crippen molar-refractivity contribution in [3.8, 4) is 0 Å². The number of rotatable bonds is 7. The van der Waals surface area contributed by atoms with E-state index < -0.39 is 21.1 Å². The molecule has 5 nitrogen and oxygen atoms in total. The lowest BCUT2D eigenvalue weighted by molar-refractivity contribution is -2.00. The summed E-state index contributed by atoms with van der Waals surface area (Å²) in [4.78, 5) is 17.8. The van der Waals surface area contributed by atoms with Crippen LogP contribution in [0.5, 0.6) is 0 Å². The second-order valence-corrected chi connectivity index (χ2v) is 12.8. The van der Waals surface area contributed by atoms with Crippen LogP contribution in [0.4, 0.5) is 8.78 Å². The van der Waals surface area contributed by atoms with E-state index in [0.29, 0.717) is 16.1 Å². The van der Waals surface area contributed by atoms with Gasteiger partial charge in [0.1, 0.15) is 11.6 Å². The van der Waals surface area contributed by atoms with Gasteiger partial charge in [0.2, 0.25) is 0 Å². The Morgan fingerprint density at radius 1 is 0.619 bits per heavy atom. The van der Waals surface area contributed by atoms with Crippen LogP contribution < -0.4 is 18.6 Å². The minimum atomic E-state index is -4.94. The third-order valence-corrected chi connectivity index (χ3v) is 9.20. The molecule has 42 heavy (non-hydrogen) atoms. The lowest BCUT2D eigenvalue weighted by Gasteiger charge is -2.17. The fraction of sp³-hybridized carbons (Fsp3) is 0. The van der Waals surface area contributed by atoms with Crippen molar-refractivity contribution in [2.24, 2.45) is 0 Å². The first-order valence-electron chi connectivity index (χ1n) is 12.0. The third kappa shape index (κ3) is 9.12. The average molecular weight is 646 g/mol. The Morgan fingerprint density at radius 3 is 1.43 bits per heavy atom. The Bertz CT molecular complexity index is 1580. The summed E-state index contributed by atoms with van der Waals surface area (Å²) in [6, 6.07) is 35.5. The van der Waals surface area contributed by atoms with E-state index in [2.05, 4.69) is 0 Å². The van der Waals surface area contributed by atoms with Gasteiger partial charge >= 0.3 is 0 Å². The summed E-state index contributed by atoms with van der Waals surface area (Å²) in [5, 5.41) is 0.436. The first-order valence-corrected chi connectivity index (χ1v) is 15.7. The van der Waals surface area contributed by atoms with Crippen LogP contribution in [-0.2, 0) is 10.9 Å². The molecule has 0 bridgehead atoms. The molecule has 5 aromatic carbocycles. The maximum Gasteiger partial charge on any atom is 0.194 e. The van der Waals surface area contributed by atoms with E-state index in [1.165, 1.54) is 24.3 Å². The molecule has 0 N–H and O–H groups in total. The molecule has 0 saturated carbocycles. The smallest absolute Gasteiger partial charge is 0.194 e. The van der Waals surface area contributed by atoms with Crippen LogP contribution in [0.1, 0.15) is 15.9 Å². The maximum absolute atomic E-state index is 13.6. The van der Waals surface area contributed by atoms with E-state index in [4.69, 9.17) is 30.2 Å². The molecule has 0 aliphatic rings. The highest BCUT2D eigenvalue weighted by molar-refractivity contribution is 7.99. The third-order valence-electron chi connectivity index (χ3n) is 5.63. The minimum absolute atomic E-state index is 0.111. The lowest BCUT2D eigenvalue weighted by Crippen LogP contribution is -2.68. The molecular formula is C31H20Cl2F2O5S2. The van der Waals surface area contributed by atoms with Crippen molar-refractivity contribution in [3.05, 3.63) is 149 Å². The molecule has 0 aromatic heterocycles. The number of carbonyl (C=O) groups is 1. The summed E-state index contributed by atoms with van der Waals surface area (Å²) in [5.74, 6) is -0.699. The number of hydrogen-bond acceptors (Lipinski definition) is 6. The summed E-state index contributed by atoms with van der Waals surface area (Å²) < 4.78 is 61.1. The number of halogens is 4. The molecule has 0 heterocycles. The Morgan fingerprint density at radius 2 is 1.00 bits per heavy atom. The summed E-state index contributed by atoms with van der Waals surface area (Å²) in [7, 11) is -5.45. The van der Waals surface area contributed by atoms with Gasteiger partial charge in [0.05, 0.1) is 15.9 Å². The van der Waals surface area contributed by atoms with Crippen molar-refractivity contribution in [2.75, 3.05) is 0 Å². The molecule has 5 rings (SSSR count). The molecular weight excluding hydrogens is 625 g/mol. The molecule has 0 fully saturated rings. The standard InChI is InChI=1S/C31H20ClF2OS2.ClHO4/c32-30-4-2-1-3-29(30)31(35)21-5-11-24(12-6-21)36-25-13-19-28(20-14-25)37(26-15-7-22(33)8-16-26)27-17-9-23(34)10-18-27;2-1(3,4)5/h1-20H;(H,2,3,4,5)/q+1;/p-1. The fourth-order valence-electron chi connectivity index (χ4n) is 3.80. The highest BCUT2D eigenvalue weighted by Gasteiger charge is 2.28. The van der Waals surface area contributed by atoms with Crippen LogP contribution in [0.15, 0.2) is 146 Å². The van der Waals surface area contributed by atoms with Crippen LogP contribution in [0.25, 0.3) is 0 Å². The molecule has 0 aliphatic carbocycles. The molecule has 0 spiro atoms. The predicted octanol–water partition coefficient (Wildman–Crippen LogP) is 4.34. The number of benzene rings is 5. The number of ketones is 1. The van der Waals surface area contributed by atoms with Crippen LogP contribution in [0.2, 0.25) is 5.02 Å². The van der Waals surface area contributed by atoms with Crippen molar-refractivity contribution in [1.29, 1.82) is 0 Å². The predicted molar refractivity (Wildman–Crippen MR) is 147 cm³/mol. The molecule has 11 heteroatoms. The van der Waals surface area contributed by atoms with E-state index in [-0.39, 0.29) is 17.4 Å². The zero-order valence-corrected chi connectivity index (χ0v) is 24.6. The monoisotopic (exact) mass is 644 g/mol. The van der Waals surface area contributed by atoms with Crippen LogP contribution in [-0.4, -0.2) is 5.78 Å². The van der Waals surface area contributed by atoms with Gasteiger partial charge in [0.25, 0.3) is 0 Å². The Balaban J connectivity index is 0.000000748. The Labute approximate surface area is 255 Å². The van der Waals surface area contributed by atoms with Gasteiger partial charge in [-0.2, -0.15) is 0 Å². The van der Waals surface area contributed by atoms with Crippen LogP contribution in [0.3, 0.4) is 0 Å². The van der Waals surface area contributed by atoms with Crippen molar-refractivity contribution in [2.45, 2.75) is 24.5 Å². The second kappa shape index (κ2) is 14.3. The van der Waals surface area contributed by atoms with Crippen molar-refractivity contribution in [3.63, 3.8) is 0 Å². The summed E-state index contributed by atoms with van der Waals surface area (Å²) in [5.41, 5.74) is 1.06. The first kappa shape index (κ1) is 31.7. The molecule has 5 aromatic rings. The van der Waals surface area contributed by atoms with Gasteiger partial charge in [-0.15, -0.1) is 10.2 Å². The fourth-order valence-corrected chi connectivity index (χ4v) is 6.88. The Kier molecular flexibility index (Phi) is 10.8. The molecule has 0 amide bonds. The summed E-state index contributed by atoms with van der Waals surface area (Å²) >= 11 is 7.77. The van der Waals surface area contributed by atoms with Crippen molar-refractivity contribution < 1.29 is 42.5 Å². The molecule has 0 unspecified atom stereocenters. The van der Waals surface area contributed by atoms with E-state index in [9.17, 15) is 13.6 Å². The van der Waals surface area contributed by atoms with Gasteiger partial charge in [-0.25, -0.2) is 27.4 Å². The zero-order valence-electron chi connectivity index (χ0n) is 21.4. The van der Waals surface area contributed by atoms with E-state index in [0.717, 1.165) is 24.5 Å². The number of hydrogen-bond donors (Lipinski definition) is 0. The molecule has 0 radical (unpaired) electrons. The largest absolute Gasteiger partial charge is 0.289 e. The molecule has 0 atom stereocenters. The zero-order chi connectivity index (χ0) is 30.3. The summed E-state index contributed by atoms with van der Waals surface area (Å²) in [6.07, 6.45) is 0. The number of carbonyl (C=O) groups excluding carboxylic acids is 1. The van der Waals surface area contributed by atoms with Crippen LogP contribution >= 0.6 is 23.4 Å². The highest BCUT2D eigenvalue weighted by atomic mass is 35.7. The first-order chi connectivity index (χ1) is 20.0. The highest BCUT2D eigenvalue weighted by Crippen LogP contribution is 2.34. The van der Waals surface area contributed by atoms with E-state index in [1.54, 1.807) is 60.3 Å². The topological polar surface area (TPSA) is 109 Å². The average Bonchev–Trinajstić information content (AvgIpc) is 2.95. The minimum Gasteiger partial charge on any atom is -0.289 e. The van der Waals surface area contributed by atoms with Gasteiger partial charge in [0, 0.05) is 20.9 Å². The Hall–Kier alpha value is -3.25. The van der Waals surface area contributed by atoms with Gasteiger partial charge in [0.15, 0.2) is 20.5 Å². The summed E-state index contributed by atoms with van der Waals surface area (Å²) in [6.45, 7) is 0. The van der Waals surface area contributed by atoms with Crippen LogP contribution in [0, 0.1) is 21.9 Å². The molecule has 214 valence electrons. The normalized spacial score (nSPS) is 11.1. The maximum atomic E-state index is 13.6. The van der Waals surface area contributed by atoms with Crippen molar-refractivity contribution in [1.82, 2.24) is 0 Å². The SMILES string of the molecule is O=C(c1ccc(Sc2ccc([S+](c3ccc(F)cc3)c3ccc(F)cc3)cc2)cc1)c1ccccc1Cl.[O-][Cl+3]([O-])([O-])[O-]. The second-order valence-electron chi connectivity index (χ2n) is 8.50. The van der Waals surface area contributed by atoms with E-state index >= 15 is 0 Å². The van der Waals surface area contributed by atoms with Gasteiger partial charge < -0.3 is 0 Å². The quantitative estimate of drug-likeness (QED) is 0.193. The van der Waals surface area contributed by atoms with Crippen molar-refractivity contribution >= 4 is 40.0 Å².